The Morgan fingerprint density at radius 2 is 0.472 bits per heavy atom. The predicted octanol–water partition coefficient (Wildman–Crippen LogP) is 16.7. The zero-order valence-electron chi connectivity index (χ0n) is 48.0. The van der Waals surface area contributed by atoms with Crippen molar-refractivity contribution in [3.8, 4) is 0 Å². The Labute approximate surface area is 445 Å². The van der Waals surface area contributed by atoms with Crippen LogP contribution >= 0.6 is 0 Å². The van der Waals surface area contributed by atoms with Gasteiger partial charge in [-0.25, -0.2) is 0 Å². The van der Waals surface area contributed by atoms with E-state index in [4.69, 9.17) is 34.6 Å². The van der Waals surface area contributed by atoms with Gasteiger partial charge >= 0.3 is 17.9 Å². The summed E-state index contributed by atoms with van der Waals surface area (Å²) in [5.41, 5.74) is -1.11. The Balaban J connectivity index is 0. The van der Waals surface area contributed by atoms with Gasteiger partial charge in [0.15, 0.2) is 6.10 Å². The third kappa shape index (κ3) is 54.5. The number of carbonyl (C=O) groups excluding carboxylic acids is 3. The van der Waals surface area contributed by atoms with E-state index in [9.17, 15) is 14.4 Å². The second kappa shape index (κ2) is 60.1. The number of rotatable bonds is 57. The van der Waals surface area contributed by atoms with E-state index in [1.54, 1.807) is 0 Å². The van der Waals surface area contributed by atoms with Crippen molar-refractivity contribution in [1.82, 2.24) is 0 Å². The van der Waals surface area contributed by atoms with Crippen LogP contribution in [-0.2, 0) is 28.6 Å². The summed E-state index contributed by atoms with van der Waals surface area (Å²) in [5.74, 6) is -0.832. The van der Waals surface area contributed by atoms with E-state index >= 15 is 0 Å². The molecule has 0 saturated heterocycles. The van der Waals surface area contributed by atoms with Gasteiger partial charge in [0.2, 0.25) is 0 Å². The molecule has 0 amide bonds. The summed E-state index contributed by atoms with van der Waals surface area (Å²) in [4.78, 5) is 38.1. The van der Waals surface area contributed by atoms with Crippen LogP contribution < -0.4 is 0 Å². The van der Waals surface area contributed by atoms with E-state index < -0.39 is 37.9 Å². The molecule has 72 heavy (non-hydrogen) atoms. The maximum Gasteiger partial charge on any atom is 0.306 e. The third-order valence-electron chi connectivity index (χ3n) is 14.5. The minimum atomic E-state index is -1.11. The number of unbranched alkanes of at least 4 members (excludes halogenated alkanes) is 42. The Bertz CT molecular complexity index is 1030. The second-order valence-electron chi connectivity index (χ2n) is 21.7. The van der Waals surface area contributed by atoms with Crippen LogP contribution in [0.15, 0.2) is 0 Å². The van der Waals surface area contributed by atoms with Gasteiger partial charge in [0.1, 0.15) is 13.2 Å². The number of aliphatic hydroxyl groups is 4. The lowest BCUT2D eigenvalue weighted by Crippen LogP contribution is -2.37. The molecule has 10 heteroatoms. The monoisotopic (exact) mass is 1030 g/mol. The van der Waals surface area contributed by atoms with E-state index in [1.807, 2.05) is 0 Å². The van der Waals surface area contributed by atoms with Gasteiger partial charge < -0.3 is 34.6 Å². The summed E-state index contributed by atoms with van der Waals surface area (Å²) in [6, 6.07) is 0. The summed E-state index contributed by atoms with van der Waals surface area (Å²) in [6.07, 6.45) is 58.0. The first kappa shape index (κ1) is 72.3. The Kier molecular flexibility index (Phi) is 60.4. The SMILES string of the molecule is CCCCCCCCCCCCCCCCCC(=O)OCC(COC(=O)CCCCCCCCCCCCCCCCC)OC(=O)CCCCCCCCCCCCCCCCC.OCC(CO)(CO)CO. The van der Waals surface area contributed by atoms with Gasteiger partial charge in [-0.2, -0.15) is 0 Å². The number of ether oxygens (including phenoxy) is 3. The lowest BCUT2D eigenvalue weighted by molar-refractivity contribution is -0.167. The molecule has 0 saturated carbocycles. The van der Waals surface area contributed by atoms with Crippen LogP contribution in [-0.4, -0.2) is 84.1 Å². The predicted molar refractivity (Wildman–Crippen MR) is 301 cm³/mol. The first-order valence-corrected chi connectivity index (χ1v) is 31.2. The van der Waals surface area contributed by atoms with Crippen LogP contribution in [0.5, 0.6) is 0 Å². The number of aliphatic hydroxyl groups excluding tert-OH is 4. The molecular weight excluding hydrogens is 905 g/mol. The molecule has 10 nitrogen and oxygen atoms in total. The fraction of sp³-hybridized carbons (Fsp3) is 0.952. The van der Waals surface area contributed by atoms with Gasteiger partial charge in [-0.3, -0.25) is 14.4 Å². The molecule has 430 valence electrons. The van der Waals surface area contributed by atoms with Gasteiger partial charge in [-0.05, 0) is 19.3 Å². The number of esters is 3. The van der Waals surface area contributed by atoms with E-state index in [1.165, 1.54) is 231 Å². The largest absolute Gasteiger partial charge is 0.462 e. The van der Waals surface area contributed by atoms with Crippen molar-refractivity contribution in [2.45, 2.75) is 335 Å². The van der Waals surface area contributed by atoms with Crippen LogP contribution in [0.3, 0.4) is 0 Å². The number of carbonyl (C=O) groups is 3. The van der Waals surface area contributed by atoms with Gasteiger partial charge in [0.25, 0.3) is 0 Å². The Morgan fingerprint density at radius 3 is 0.653 bits per heavy atom. The fourth-order valence-electron chi connectivity index (χ4n) is 9.10. The standard InChI is InChI=1S/C57H110O6.C5H12O4/c1-4-7-10-13-16-19-22-25-28-31-34-37-40-43-46-49-55(58)61-52-54(63-57(60)51-48-45-42-39-36-33-30-27-24-21-18-15-12-9-6-3)53-62-56(59)50-47-44-41-38-35-32-29-26-23-20-17-14-11-8-5-2;6-1-5(2-7,3-8)4-9/h54H,4-53H2,1-3H3;6-9H,1-4H2. The molecule has 0 radical (unpaired) electrons. The van der Waals surface area contributed by atoms with Crippen LogP contribution in [0.2, 0.25) is 0 Å². The van der Waals surface area contributed by atoms with Gasteiger partial charge in [0, 0.05) is 19.3 Å². The maximum atomic E-state index is 12.8. The highest BCUT2D eigenvalue weighted by molar-refractivity contribution is 5.71. The van der Waals surface area contributed by atoms with Crippen molar-refractivity contribution >= 4 is 17.9 Å². The molecule has 0 rings (SSSR count). The highest BCUT2D eigenvalue weighted by Gasteiger charge is 2.26. The van der Waals surface area contributed by atoms with Crippen molar-refractivity contribution in [2.75, 3.05) is 39.6 Å². The molecule has 0 bridgehead atoms. The number of hydrogen-bond acceptors (Lipinski definition) is 10. The van der Waals surface area contributed by atoms with Crippen molar-refractivity contribution in [2.24, 2.45) is 5.41 Å². The van der Waals surface area contributed by atoms with Gasteiger partial charge in [-0.1, -0.05) is 290 Å². The molecule has 0 unspecified atom stereocenters. The topological polar surface area (TPSA) is 160 Å². The van der Waals surface area contributed by atoms with E-state index in [0.29, 0.717) is 19.3 Å². The zero-order valence-corrected chi connectivity index (χ0v) is 48.0. The van der Waals surface area contributed by atoms with Gasteiger partial charge in [0.05, 0.1) is 31.8 Å². The van der Waals surface area contributed by atoms with Crippen LogP contribution in [0.1, 0.15) is 329 Å². The van der Waals surface area contributed by atoms with Crippen molar-refractivity contribution in [3.05, 3.63) is 0 Å². The lowest BCUT2D eigenvalue weighted by atomic mass is 9.93. The minimum absolute atomic E-state index is 0.0611. The molecule has 0 heterocycles. The normalized spacial score (nSPS) is 11.5. The Hall–Kier alpha value is -1.75. The average molecular weight is 1030 g/mol. The highest BCUT2D eigenvalue weighted by atomic mass is 16.6. The minimum Gasteiger partial charge on any atom is -0.462 e. The maximum absolute atomic E-state index is 12.8. The Morgan fingerprint density at radius 1 is 0.292 bits per heavy atom. The van der Waals surface area contributed by atoms with Crippen LogP contribution in [0.25, 0.3) is 0 Å². The molecule has 0 fully saturated rings. The zero-order chi connectivity index (χ0) is 53.1. The van der Waals surface area contributed by atoms with Crippen LogP contribution in [0, 0.1) is 5.41 Å². The average Bonchev–Trinajstić information content (AvgIpc) is 3.39. The summed E-state index contributed by atoms with van der Waals surface area (Å²) in [5, 5.41) is 34.0. The molecule has 0 atom stereocenters. The lowest BCUT2D eigenvalue weighted by Gasteiger charge is -2.23. The van der Waals surface area contributed by atoms with E-state index in [2.05, 4.69) is 20.8 Å². The molecule has 0 aromatic heterocycles. The van der Waals surface area contributed by atoms with Gasteiger partial charge in [-0.15, -0.1) is 0 Å². The van der Waals surface area contributed by atoms with Crippen LogP contribution in [0.4, 0.5) is 0 Å². The van der Waals surface area contributed by atoms with E-state index in [-0.39, 0.29) is 31.1 Å². The summed E-state index contributed by atoms with van der Waals surface area (Å²) in [7, 11) is 0. The molecule has 4 N–H and O–H groups in total. The molecule has 0 aliphatic heterocycles. The first-order chi connectivity index (χ1) is 35.3. The molecule has 0 spiro atoms. The first-order valence-electron chi connectivity index (χ1n) is 31.2. The summed E-state index contributed by atoms with van der Waals surface area (Å²) in [6.45, 7) is 5.08. The van der Waals surface area contributed by atoms with Crippen molar-refractivity contribution in [1.29, 1.82) is 0 Å². The van der Waals surface area contributed by atoms with E-state index in [0.717, 1.165) is 57.8 Å². The molecule has 0 aromatic carbocycles. The quantitative estimate of drug-likeness (QED) is 0.0262. The second-order valence-corrected chi connectivity index (χ2v) is 21.7. The van der Waals surface area contributed by atoms with Crippen molar-refractivity contribution < 1.29 is 49.0 Å². The third-order valence-corrected chi connectivity index (χ3v) is 14.5. The fourth-order valence-corrected chi connectivity index (χ4v) is 9.10. The smallest absolute Gasteiger partial charge is 0.306 e. The molecule has 0 aliphatic rings. The number of hydrogen-bond donors (Lipinski definition) is 4. The molecule has 0 aromatic rings. The molecular formula is C62H122O10. The van der Waals surface area contributed by atoms with Crippen molar-refractivity contribution in [3.63, 3.8) is 0 Å². The highest BCUT2D eigenvalue weighted by Crippen LogP contribution is 2.18. The molecule has 0 aliphatic carbocycles. The summed E-state index contributed by atoms with van der Waals surface area (Å²) < 4.78 is 16.9. The summed E-state index contributed by atoms with van der Waals surface area (Å²) >= 11 is 0.